The molecule has 0 unspecified atom stereocenters. The van der Waals surface area contributed by atoms with Gasteiger partial charge in [0, 0.05) is 12.6 Å². The molecule has 0 saturated carbocycles. The molecule has 0 aliphatic heterocycles. The second-order valence-electron chi connectivity index (χ2n) is 4.03. The molecule has 0 radical (unpaired) electrons. The lowest BCUT2D eigenvalue weighted by Gasteiger charge is -2.08. The van der Waals surface area contributed by atoms with Gasteiger partial charge < -0.3 is 5.32 Å². The maximum Gasteiger partial charge on any atom is 0.272 e. The molecular formula is C13H9F3N2O2. The van der Waals surface area contributed by atoms with Crippen LogP contribution in [0.3, 0.4) is 0 Å². The topological polar surface area (TPSA) is 55.2 Å². The zero-order valence-corrected chi connectivity index (χ0v) is 10.1. The molecule has 104 valence electrons. The van der Waals surface area contributed by atoms with Crippen molar-refractivity contribution in [3.05, 3.63) is 69.5 Å². The summed E-state index contributed by atoms with van der Waals surface area (Å²) in [6.07, 6.45) is 0. The fourth-order valence-corrected chi connectivity index (χ4v) is 1.68. The zero-order chi connectivity index (χ0) is 14.7. The summed E-state index contributed by atoms with van der Waals surface area (Å²) >= 11 is 0. The van der Waals surface area contributed by atoms with Gasteiger partial charge in [0.1, 0.15) is 5.82 Å². The number of rotatable bonds is 4. The average Bonchev–Trinajstić information content (AvgIpc) is 2.40. The van der Waals surface area contributed by atoms with Gasteiger partial charge in [-0.15, -0.1) is 0 Å². The van der Waals surface area contributed by atoms with Crippen LogP contribution in [0.4, 0.5) is 24.5 Å². The van der Waals surface area contributed by atoms with E-state index in [0.717, 1.165) is 24.3 Å². The Labute approximate surface area is 112 Å². The van der Waals surface area contributed by atoms with Crippen LogP contribution in [0.5, 0.6) is 0 Å². The molecule has 7 heteroatoms. The average molecular weight is 282 g/mol. The molecule has 0 aliphatic rings. The zero-order valence-electron chi connectivity index (χ0n) is 10.1. The van der Waals surface area contributed by atoms with Crippen LogP contribution in [0, 0.1) is 27.6 Å². The van der Waals surface area contributed by atoms with Gasteiger partial charge in [-0.25, -0.2) is 13.2 Å². The monoisotopic (exact) mass is 282 g/mol. The molecule has 0 fully saturated rings. The summed E-state index contributed by atoms with van der Waals surface area (Å²) in [5.74, 6) is -2.84. The fourth-order valence-electron chi connectivity index (χ4n) is 1.68. The number of hydrogen-bond donors (Lipinski definition) is 1. The predicted octanol–water partition coefficient (Wildman–Crippen LogP) is 3.62. The minimum absolute atomic E-state index is 0.0705. The first-order chi connectivity index (χ1) is 9.47. The number of halogens is 3. The lowest BCUT2D eigenvalue weighted by Crippen LogP contribution is -2.03. The smallest absolute Gasteiger partial charge is 0.272 e. The van der Waals surface area contributed by atoms with E-state index in [1.54, 1.807) is 0 Å². The van der Waals surface area contributed by atoms with Crippen LogP contribution >= 0.6 is 0 Å². The second kappa shape index (κ2) is 5.60. The molecular weight excluding hydrogens is 273 g/mol. The van der Waals surface area contributed by atoms with Crippen LogP contribution in [0.25, 0.3) is 0 Å². The molecule has 0 spiro atoms. The fraction of sp³-hybridized carbons (Fsp3) is 0.0769. The molecule has 0 saturated heterocycles. The number of nitrogens with one attached hydrogen (secondary N) is 1. The molecule has 0 amide bonds. The Morgan fingerprint density at radius 3 is 2.60 bits per heavy atom. The van der Waals surface area contributed by atoms with Gasteiger partial charge in [0.05, 0.1) is 16.7 Å². The first kappa shape index (κ1) is 13.9. The van der Waals surface area contributed by atoms with Crippen LogP contribution in [-0.4, -0.2) is 4.92 Å². The summed E-state index contributed by atoms with van der Waals surface area (Å²) in [7, 11) is 0. The number of hydrogen-bond acceptors (Lipinski definition) is 3. The summed E-state index contributed by atoms with van der Waals surface area (Å²) in [4.78, 5) is 9.86. The third kappa shape index (κ3) is 3.05. The van der Waals surface area contributed by atoms with E-state index in [0.29, 0.717) is 0 Å². The standard InChI is InChI=1S/C13H9F3N2O2/c14-9-4-8(5-10(6-9)18(19)20)7-17-12-3-1-2-11(15)13(12)16/h1-6,17H,7H2. The van der Waals surface area contributed by atoms with Gasteiger partial charge in [-0.05, 0) is 23.8 Å². The number of nitro groups is 1. The Morgan fingerprint density at radius 1 is 1.15 bits per heavy atom. The number of nitrogens with zero attached hydrogens (tertiary/aromatic N) is 1. The normalized spacial score (nSPS) is 10.3. The van der Waals surface area contributed by atoms with E-state index in [1.165, 1.54) is 12.1 Å². The molecule has 4 nitrogen and oxygen atoms in total. The number of anilines is 1. The van der Waals surface area contributed by atoms with E-state index in [1.807, 2.05) is 0 Å². The van der Waals surface area contributed by atoms with Crippen molar-refractivity contribution in [3.63, 3.8) is 0 Å². The minimum atomic E-state index is -1.06. The Balaban J connectivity index is 2.19. The molecule has 1 N–H and O–H groups in total. The molecule has 20 heavy (non-hydrogen) atoms. The maximum absolute atomic E-state index is 13.4. The van der Waals surface area contributed by atoms with Gasteiger partial charge in [0.15, 0.2) is 11.6 Å². The van der Waals surface area contributed by atoms with Crippen molar-refractivity contribution < 1.29 is 18.1 Å². The van der Waals surface area contributed by atoms with E-state index in [9.17, 15) is 23.3 Å². The lowest BCUT2D eigenvalue weighted by atomic mass is 10.2. The Bertz CT molecular complexity index is 662. The maximum atomic E-state index is 13.4. The number of benzene rings is 2. The van der Waals surface area contributed by atoms with Crippen molar-refractivity contribution in [1.82, 2.24) is 0 Å². The van der Waals surface area contributed by atoms with Crippen molar-refractivity contribution in [3.8, 4) is 0 Å². The molecule has 0 aliphatic carbocycles. The van der Waals surface area contributed by atoms with Gasteiger partial charge in [-0.3, -0.25) is 10.1 Å². The molecule has 2 aromatic carbocycles. The summed E-state index contributed by atoms with van der Waals surface area (Å²) in [5.41, 5.74) is -0.251. The van der Waals surface area contributed by atoms with Crippen LogP contribution in [0.15, 0.2) is 36.4 Å². The Morgan fingerprint density at radius 2 is 1.90 bits per heavy atom. The SMILES string of the molecule is O=[N+]([O-])c1cc(F)cc(CNc2cccc(F)c2F)c1. The van der Waals surface area contributed by atoms with Crippen molar-refractivity contribution in [2.45, 2.75) is 6.54 Å². The van der Waals surface area contributed by atoms with Gasteiger partial charge in [-0.1, -0.05) is 6.07 Å². The van der Waals surface area contributed by atoms with Crippen LogP contribution in [-0.2, 0) is 6.54 Å². The largest absolute Gasteiger partial charge is 0.379 e. The number of non-ortho nitro benzene ring substituents is 1. The van der Waals surface area contributed by atoms with Gasteiger partial charge >= 0.3 is 0 Å². The van der Waals surface area contributed by atoms with E-state index in [-0.39, 0.29) is 17.8 Å². The molecule has 0 atom stereocenters. The third-order valence-corrected chi connectivity index (χ3v) is 2.59. The predicted molar refractivity (Wildman–Crippen MR) is 66.7 cm³/mol. The molecule has 2 rings (SSSR count). The summed E-state index contributed by atoms with van der Waals surface area (Å²) in [6, 6.07) is 6.62. The first-order valence-corrected chi connectivity index (χ1v) is 5.59. The van der Waals surface area contributed by atoms with Crippen LogP contribution in [0.2, 0.25) is 0 Å². The Hall–Kier alpha value is -2.57. The van der Waals surface area contributed by atoms with Gasteiger partial charge in [0.2, 0.25) is 0 Å². The van der Waals surface area contributed by atoms with E-state index >= 15 is 0 Å². The highest BCUT2D eigenvalue weighted by molar-refractivity contribution is 5.46. The van der Waals surface area contributed by atoms with E-state index in [4.69, 9.17) is 0 Å². The van der Waals surface area contributed by atoms with E-state index < -0.39 is 28.1 Å². The van der Waals surface area contributed by atoms with Crippen molar-refractivity contribution in [2.75, 3.05) is 5.32 Å². The van der Waals surface area contributed by atoms with Gasteiger partial charge in [-0.2, -0.15) is 0 Å². The first-order valence-electron chi connectivity index (χ1n) is 5.59. The highest BCUT2D eigenvalue weighted by Crippen LogP contribution is 2.20. The summed E-state index contributed by atoms with van der Waals surface area (Å²) in [5, 5.41) is 13.1. The lowest BCUT2D eigenvalue weighted by molar-refractivity contribution is -0.385. The quantitative estimate of drug-likeness (QED) is 0.688. The number of nitro benzene ring substituents is 1. The van der Waals surface area contributed by atoms with E-state index in [2.05, 4.69) is 5.32 Å². The highest BCUT2D eigenvalue weighted by Gasteiger charge is 2.11. The van der Waals surface area contributed by atoms with Gasteiger partial charge in [0.25, 0.3) is 5.69 Å². The highest BCUT2D eigenvalue weighted by atomic mass is 19.2. The molecule has 2 aromatic rings. The van der Waals surface area contributed by atoms with Crippen LogP contribution < -0.4 is 5.32 Å². The van der Waals surface area contributed by atoms with Crippen LogP contribution in [0.1, 0.15) is 5.56 Å². The third-order valence-electron chi connectivity index (χ3n) is 2.59. The van der Waals surface area contributed by atoms with Crippen molar-refractivity contribution in [1.29, 1.82) is 0 Å². The summed E-state index contributed by atoms with van der Waals surface area (Å²) in [6.45, 7) is -0.0705. The summed E-state index contributed by atoms with van der Waals surface area (Å²) < 4.78 is 39.5. The Kier molecular flexibility index (Phi) is 3.88. The van der Waals surface area contributed by atoms with Crippen molar-refractivity contribution in [2.24, 2.45) is 0 Å². The molecule has 0 heterocycles. The second-order valence-corrected chi connectivity index (χ2v) is 4.03. The molecule has 0 aromatic heterocycles. The minimum Gasteiger partial charge on any atom is -0.379 e. The van der Waals surface area contributed by atoms with Crippen molar-refractivity contribution >= 4 is 11.4 Å². The molecule has 0 bridgehead atoms.